The van der Waals surface area contributed by atoms with Crippen LogP contribution >= 0.6 is 0 Å². The van der Waals surface area contributed by atoms with Crippen molar-refractivity contribution >= 4 is 17.6 Å². The van der Waals surface area contributed by atoms with E-state index in [-0.39, 0.29) is 17.7 Å². The number of carboxylic acids is 1. The predicted molar refractivity (Wildman–Crippen MR) is 55.1 cm³/mol. The molecule has 0 saturated carbocycles. The number of carbonyl (C=O) groups is 2. The third-order valence-electron chi connectivity index (χ3n) is 2.72. The molecule has 1 aromatic rings. The first kappa shape index (κ1) is 12.4. The minimum Gasteiger partial charge on any atom is -0.481 e. The highest BCUT2D eigenvalue weighted by atomic mass is 19.4. The van der Waals surface area contributed by atoms with Gasteiger partial charge in [0.25, 0.3) is 0 Å². The standard InChI is InChI=1S/C11H8F3NO3/c12-11(13,14)5-1-2-8-6(3-5)7(10(17)18)4-9(16)15-8/h1-3,7H,4H2,(H,15,16)(H,17,18). The molecule has 0 saturated heterocycles. The number of anilines is 1. The molecule has 0 aliphatic carbocycles. The third kappa shape index (κ3) is 2.15. The Morgan fingerprint density at radius 2 is 2.06 bits per heavy atom. The van der Waals surface area contributed by atoms with E-state index < -0.39 is 29.5 Å². The van der Waals surface area contributed by atoms with Crippen molar-refractivity contribution in [3.63, 3.8) is 0 Å². The van der Waals surface area contributed by atoms with Gasteiger partial charge in [-0.05, 0) is 23.8 Å². The van der Waals surface area contributed by atoms with Crippen molar-refractivity contribution in [2.45, 2.75) is 18.5 Å². The molecule has 1 aromatic carbocycles. The highest BCUT2D eigenvalue weighted by Gasteiger charge is 2.35. The topological polar surface area (TPSA) is 66.4 Å². The van der Waals surface area contributed by atoms with E-state index >= 15 is 0 Å². The minimum atomic E-state index is -4.54. The zero-order valence-electron chi connectivity index (χ0n) is 8.91. The first-order valence-corrected chi connectivity index (χ1v) is 5.03. The van der Waals surface area contributed by atoms with Gasteiger partial charge in [-0.15, -0.1) is 0 Å². The maximum Gasteiger partial charge on any atom is 0.416 e. The molecule has 0 aromatic heterocycles. The number of fused-ring (bicyclic) bond motifs is 1. The lowest BCUT2D eigenvalue weighted by atomic mass is 9.89. The number of aliphatic carboxylic acids is 1. The van der Waals surface area contributed by atoms with E-state index in [4.69, 9.17) is 5.11 Å². The zero-order chi connectivity index (χ0) is 13.5. The first-order valence-electron chi connectivity index (χ1n) is 5.03. The third-order valence-corrected chi connectivity index (χ3v) is 2.72. The monoisotopic (exact) mass is 259 g/mol. The number of rotatable bonds is 1. The number of alkyl halides is 3. The van der Waals surface area contributed by atoms with Gasteiger partial charge in [0.05, 0.1) is 11.5 Å². The second kappa shape index (κ2) is 4.01. The summed E-state index contributed by atoms with van der Waals surface area (Å²) in [6, 6.07) is 2.65. The number of halogens is 3. The van der Waals surface area contributed by atoms with Gasteiger partial charge in [0.1, 0.15) is 0 Å². The summed E-state index contributed by atoms with van der Waals surface area (Å²) in [6.07, 6.45) is -4.90. The molecule has 1 aliphatic heterocycles. The van der Waals surface area contributed by atoms with Crippen molar-refractivity contribution in [3.05, 3.63) is 29.3 Å². The molecule has 0 fully saturated rings. The van der Waals surface area contributed by atoms with Crippen LogP contribution in [0.1, 0.15) is 23.5 Å². The molecule has 1 amide bonds. The van der Waals surface area contributed by atoms with Crippen LogP contribution < -0.4 is 5.32 Å². The fourth-order valence-electron chi connectivity index (χ4n) is 1.86. The molecular formula is C11H8F3NO3. The molecular weight excluding hydrogens is 251 g/mol. The van der Waals surface area contributed by atoms with E-state index in [2.05, 4.69) is 5.32 Å². The normalized spacial score (nSPS) is 19.1. The molecule has 2 rings (SSSR count). The largest absolute Gasteiger partial charge is 0.481 e. The van der Waals surface area contributed by atoms with Crippen LogP contribution in [0.15, 0.2) is 18.2 Å². The van der Waals surface area contributed by atoms with Crippen LogP contribution in [-0.2, 0) is 15.8 Å². The summed E-state index contributed by atoms with van der Waals surface area (Å²) >= 11 is 0. The van der Waals surface area contributed by atoms with Crippen molar-refractivity contribution in [1.82, 2.24) is 0 Å². The molecule has 0 spiro atoms. The van der Waals surface area contributed by atoms with Crippen LogP contribution in [0.2, 0.25) is 0 Å². The van der Waals surface area contributed by atoms with E-state index in [0.29, 0.717) is 0 Å². The van der Waals surface area contributed by atoms with Crippen molar-refractivity contribution in [3.8, 4) is 0 Å². The summed E-state index contributed by atoms with van der Waals surface area (Å²) < 4.78 is 37.6. The molecule has 18 heavy (non-hydrogen) atoms. The Morgan fingerprint density at radius 1 is 1.39 bits per heavy atom. The van der Waals surface area contributed by atoms with Gasteiger partial charge in [0, 0.05) is 12.1 Å². The summed E-state index contributed by atoms with van der Waals surface area (Å²) in [5.74, 6) is -3.07. The lowest BCUT2D eigenvalue weighted by molar-refractivity contribution is -0.141. The van der Waals surface area contributed by atoms with E-state index in [1.165, 1.54) is 0 Å². The van der Waals surface area contributed by atoms with Crippen molar-refractivity contribution < 1.29 is 27.9 Å². The number of nitrogens with one attached hydrogen (secondary N) is 1. The summed E-state index contributed by atoms with van der Waals surface area (Å²) in [4.78, 5) is 22.2. The van der Waals surface area contributed by atoms with Gasteiger partial charge >= 0.3 is 12.1 Å². The quantitative estimate of drug-likeness (QED) is 0.812. The van der Waals surface area contributed by atoms with E-state index in [1.807, 2.05) is 0 Å². The Balaban J connectivity index is 2.53. The maximum atomic E-state index is 12.5. The molecule has 1 unspecified atom stereocenters. The van der Waals surface area contributed by atoms with Gasteiger partial charge in [0.2, 0.25) is 5.91 Å². The molecule has 1 atom stereocenters. The Morgan fingerprint density at radius 3 is 2.61 bits per heavy atom. The van der Waals surface area contributed by atoms with Crippen LogP contribution in [0.3, 0.4) is 0 Å². The number of carboxylic acid groups (broad SMARTS) is 1. The number of amides is 1. The fraction of sp³-hybridized carbons (Fsp3) is 0.273. The summed E-state index contributed by atoms with van der Waals surface area (Å²) in [6.45, 7) is 0. The maximum absolute atomic E-state index is 12.5. The number of benzene rings is 1. The van der Waals surface area contributed by atoms with Crippen molar-refractivity contribution in [1.29, 1.82) is 0 Å². The molecule has 7 heteroatoms. The Kier molecular flexibility index (Phi) is 2.76. The lowest BCUT2D eigenvalue weighted by Gasteiger charge is -2.23. The summed E-state index contributed by atoms with van der Waals surface area (Å²) in [7, 11) is 0. The Bertz CT molecular complexity index is 525. The molecule has 2 N–H and O–H groups in total. The van der Waals surface area contributed by atoms with Gasteiger partial charge in [0.15, 0.2) is 0 Å². The van der Waals surface area contributed by atoms with Crippen LogP contribution in [0, 0.1) is 0 Å². The molecule has 1 aliphatic rings. The molecule has 0 bridgehead atoms. The van der Waals surface area contributed by atoms with E-state index in [9.17, 15) is 22.8 Å². The predicted octanol–water partition coefficient (Wildman–Crippen LogP) is 2.22. The minimum absolute atomic E-state index is 0.0167. The highest BCUT2D eigenvalue weighted by molar-refractivity contribution is 5.99. The summed E-state index contributed by atoms with van der Waals surface area (Å²) in [5.41, 5.74) is -0.827. The second-order valence-corrected chi connectivity index (χ2v) is 3.94. The SMILES string of the molecule is O=C1CC(C(=O)O)c2cc(C(F)(F)F)ccc2N1. The van der Waals surface area contributed by atoms with Crippen LogP contribution in [0.25, 0.3) is 0 Å². The summed E-state index contributed by atoms with van der Waals surface area (Å²) in [5, 5.41) is 11.3. The molecule has 4 nitrogen and oxygen atoms in total. The molecule has 1 heterocycles. The fourth-order valence-corrected chi connectivity index (χ4v) is 1.86. The number of hydrogen-bond acceptors (Lipinski definition) is 2. The van der Waals surface area contributed by atoms with Crippen LogP contribution in [0.4, 0.5) is 18.9 Å². The van der Waals surface area contributed by atoms with Gasteiger partial charge in [-0.2, -0.15) is 13.2 Å². The molecule has 0 radical (unpaired) electrons. The second-order valence-electron chi connectivity index (χ2n) is 3.94. The van der Waals surface area contributed by atoms with Crippen LogP contribution in [-0.4, -0.2) is 17.0 Å². The average molecular weight is 259 g/mol. The average Bonchev–Trinajstić information content (AvgIpc) is 2.25. The number of hydrogen-bond donors (Lipinski definition) is 2. The van der Waals surface area contributed by atoms with Gasteiger partial charge in [-0.25, -0.2) is 0 Å². The van der Waals surface area contributed by atoms with Crippen LogP contribution in [0.5, 0.6) is 0 Å². The molecule has 96 valence electrons. The number of carbonyl (C=O) groups excluding carboxylic acids is 1. The Hall–Kier alpha value is -2.05. The smallest absolute Gasteiger partial charge is 0.416 e. The van der Waals surface area contributed by atoms with E-state index in [0.717, 1.165) is 18.2 Å². The highest BCUT2D eigenvalue weighted by Crippen LogP contribution is 2.37. The van der Waals surface area contributed by atoms with Gasteiger partial charge < -0.3 is 10.4 Å². The van der Waals surface area contributed by atoms with Crippen molar-refractivity contribution in [2.24, 2.45) is 0 Å². The first-order chi connectivity index (χ1) is 8.29. The Labute approximate surface area is 99.4 Å². The van der Waals surface area contributed by atoms with E-state index in [1.54, 1.807) is 0 Å². The van der Waals surface area contributed by atoms with Gasteiger partial charge in [-0.3, -0.25) is 9.59 Å². The zero-order valence-corrected chi connectivity index (χ0v) is 8.91. The lowest BCUT2D eigenvalue weighted by Crippen LogP contribution is -2.27. The van der Waals surface area contributed by atoms with Gasteiger partial charge in [-0.1, -0.05) is 0 Å². The van der Waals surface area contributed by atoms with Crippen molar-refractivity contribution in [2.75, 3.05) is 5.32 Å².